The lowest BCUT2D eigenvalue weighted by molar-refractivity contribution is -0.119. The van der Waals surface area contributed by atoms with Gasteiger partial charge in [0.25, 0.3) is 0 Å². The van der Waals surface area contributed by atoms with Crippen LogP contribution in [0.1, 0.15) is 37.9 Å². The zero-order valence-corrected chi connectivity index (χ0v) is 11.7. The molecular weight excluding hydrogens is 259 g/mol. The lowest BCUT2D eigenvalue weighted by Gasteiger charge is -2.33. The summed E-state index contributed by atoms with van der Waals surface area (Å²) in [5.41, 5.74) is 6.34. The number of benzene rings is 1. The normalized spacial score (nSPS) is 18.1. The number of nitrogens with zero attached hydrogens (tertiary/aromatic N) is 1. The molecule has 1 amide bonds. The molecule has 0 saturated carbocycles. The maximum atomic E-state index is 14.1. The van der Waals surface area contributed by atoms with Gasteiger partial charge in [0, 0.05) is 19.5 Å². The van der Waals surface area contributed by atoms with Crippen LogP contribution in [0.2, 0.25) is 0 Å². The Balaban J connectivity index is 2.02. The first-order valence-electron chi connectivity index (χ1n) is 6.98. The maximum absolute atomic E-state index is 14.1. The fraction of sp³-hybridized carbons (Fsp3) is 0.533. The molecule has 5 heteroatoms. The molecule has 1 unspecified atom stereocenters. The van der Waals surface area contributed by atoms with Crippen molar-refractivity contribution in [1.82, 2.24) is 0 Å². The second-order valence-corrected chi connectivity index (χ2v) is 5.49. The van der Waals surface area contributed by atoms with E-state index in [4.69, 9.17) is 5.73 Å². The van der Waals surface area contributed by atoms with Crippen LogP contribution in [0, 0.1) is 11.7 Å². The Morgan fingerprint density at radius 3 is 2.65 bits per heavy atom. The predicted octanol–water partition coefficient (Wildman–Crippen LogP) is 1.97. The van der Waals surface area contributed by atoms with E-state index in [0.29, 0.717) is 23.6 Å². The summed E-state index contributed by atoms with van der Waals surface area (Å²) in [4.78, 5) is 12.9. The lowest BCUT2D eigenvalue weighted by atomic mass is 9.93. The molecule has 1 heterocycles. The first kappa shape index (κ1) is 14.8. The summed E-state index contributed by atoms with van der Waals surface area (Å²) in [6, 6.07) is 4.85. The second kappa shape index (κ2) is 6.22. The number of piperidine rings is 1. The number of primary amides is 1. The standard InChI is InChI=1S/C15H21FN2O2/c1-10(19)12-2-3-14(13(16)9-12)18-6-4-11(5-7-18)8-15(17)20/h2-3,9-11,19H,4-8H2,1H3,(H2,17,20). The van der Waals surface area contributed by atoms with Gasteiger partial charge in [-0.25, -0.2) is 4.39 Å². The summed E-state index contributed by atoms with van der Waals surface area (Å²) in [6.45, 7) is 3.07. The van der Waals surface area contributed by atoms with Crippen LogP contribution >= 0.6 is 0 Å². The third kappa shape index (κ3) is 3.48. The minimum absolute atomic E-state index is 0.268. The number of aliphatic hydroxyl groups excluding tert-OH is 1. The van der Waals surface area contributed by atoms with Crippen molar-refractivity contribution in [2.24, 2.45) is 11.7 Å². The minimum Gasteiger partial charge on any atom is -0.389 e. The number of amides is 1. The molecule has 1 aliphatic rings. The van der Waals surface area contributed by atoms with Crippen molar-refractivity contribution in [2.45, 2.75) is 32.3 Å². The average molecular weight is 280 g/mol. The Morgan fingerprint density at radius 1 is 1.50 bits per heavy atom. The van der Waals surface area contributed by atoms with Crippen LogP contribution in [0.25, 0.3) is 0 Å². The van der Waals surface area contributed by atoms with E-state index in [1.807, 2.05) is 4.90 Å². The monoisotopic (exact) mass is 280 g/mol. The molecule has 1 aromatic rings. The minimum atomic E-state index is -0.667. The molecule has 4 nitrogen and oxygen atoms in total. The van der Waals surface area contributed by atoms with Gasteiger partial charge in [-0.05, 0) is 43.4 Å². The van der Waals surface area contributed by atoms with E-state index in [0.717, 1.165) is 25.9 Å². The Labute approximate surface area is 118 Å². The first-order chi connectivity index (χ1) is 9.47. The number of hydrogen-bond acceptors (Lipinski definition) is 3. The summed E-state index contributed by atoms with van der Waals surface area (Å²) >= 11 is 0. The summed E-state index contributed by atoms with van der Waals surface area (Å²) in [7, 11) is 0. The van der Waals surface area contributed by atoms with Crippen molar-refractivity contribution in [3.8, 4) is 0 Å². The van der Waals surface area contributed by atoms with E-state index in [1.165, 1.54) is 6.07 Å². The van der Waals surface area contributed by atoms with Crippen molar-refractivity contribution in [1.29, 1.82) is 0 Å². The van der Waals surface area contributed by atoms with Crippen molar-refractivity contribution in [3.63, 3.8) is 0 Å². The quantitative estimate of drug-likeness (QED) is 0.886. The van der Waals surface area contributed by atoms with Gasteiger partial charge in [0.05, 0.1) is 11.8 Å². The van der Waals surface area contributed by atoms with Crippen LogP contribution < -0.4 is 10.6 Å². The largest absolute Gasteiger partial charge is 0.389 e. The zero-order valence-electron chi connectivity index (χ0n) is 11.7. The topological polar surface area (TPSA) is 66.6 Å². The van der Waals surface area contributed by atoms with E-state index >= 15 is 0 Å². The molecule has 0 aliphatic carbocycles. The number of anilines is 1. The smallest absolute Gasteiger partial charge is 0.217 e. The zero-order chi connectivity index (χ0) is 14.7. The van der Waals surface area contributed by atoms with Gasteiger partial charge in [0.2, 0.25) is 5.91 Å². The number of rotatable bonds is 4. The van der Waals surface area contributed by atoms with E-state index in [1.54, 1.807) is 19.1 Å². The SMILES string of the molecule is CC(O)c1ccc(N2CCC(CC(N)=O)CC2)c(F)c1. The van der Waals surface area contributed by atoms with Crippen molar-refractivity contribution >= 4 is 11.6 Å². The molecule has 1 aromatic carbocycles. The van der Waals surface area contributed by atoms with E-state index < -0.39 is 6.10 Å². The number of halogens is 1. The third-order valence-electron chi connectivity index (χ3n) is 3.90. The molecule has 2 rings (SSSR count). The molecule has 1 atom stereocenters. The summed E-state index contributed by atoms with van der Waals surface area (Å²) in [5.74, 6) is -0.267. The van der Waals surface area contributed by atoms with Crippen molar-refractivity contribution in [3.05, 3.63) is 29.6 Å². The second-order valence-electron chi connectivity index (χ2n) is 5.49. The molecule has 110 valence electrons. The molecule has 1 fully saturated rings. The highest BCUT2D eigenvalue weighted by Gasteiger charge is 2.22. The summed E-state index contributed by atoms with van der Waals surface area (Å²) in [6.07, 6.45) is 1.44. The first-order valence-corrected chi connectivity index (χ1v) is 6.98. The third-order valence-corrected chi connectivity index (χ3v) is 3.90. The molecule has 1 aliphatic heterocycles. The number of carbonyl (C=O) groups is 1. The highest BCUT2D eigenvalue weighted by atomic mass is 19.1. The molecule has 0 bridgehead atoms. The van der Waals surface area contributed by atoms with Gasteiger partial charge in [-0.1, -0.05) is 6.07 Å². The maximum Gasteiger partial charge on any atom is 0.217 e. The van der Waals surface area contributed by atoms with Gasteiger partial charge in [-0.15, -0.1) is 0 Å². The van der Waals surface area contributed by atoms with Crippen LogP contribution in [-0.2, 0) is 4.79 Å². The number of carbonyl (C=O) groups excluding carboxylic acids is 1. The van der Waals surface area contributed by atoms with Crippen molar-refractivity contribution < 1.29 is 14.3 Å². The Hall–Kier alpha value is -1.62. The van der Waals surface area contributed by atoms with E-state index in [9.17, 15) is 14.3 Å². The highest BCUT2D eigenvalue weighted by Crippen LogP contribution is 2.28. The fourth-order valence-electron chi connectivity index (χ4n) is 2.70. The van der Waals surface area contributed by atoms with Gasteiger partial charge in [0.15, 0.2) is 0 Å². The molecule has 1 saturated heterocycles. The Bertz CT molecular complexity index is 483. The van der Waals surface area contributed by atoms with Crippen LogP contribution in [0.4, 0.5) is 10.1 Å². The van der Waals surface area contributed by atoms with Gasteiger partial charge < -0.3 is 15.7 Å². The molecule has 0 radical (unpaired) electrons. The van der Waals surface area contributed by atoms with Crippen LogP contribution in [-0.4, -0.2) is 24.1 Å². The Kier molecular flexibility index (Phi) is 4.60. The molecule has 3 N–H and O–H groups in total. The molecule has 0 aromatic heterocycles. The van der Waals surface area contributed by atoms with E-state index in [-0.39, 0.29) is 11.7 Å². The van der Waals surface area contributed by atoms with Crippen LogP contribution in [0.3, 0.4) is 0 Å². The molecule has 20 heavy (non-hydrogen) atoms. The predicted molar refractivity (Wildman–Crippen MR) is 75.8 cm³/mol. The van der Waals surface area contributed by atoms with E-state index in [2.05, 4.69) is 0 Å². The van der Waals surface area contributed by atoms with Gasteiger partial charge in [0.1, 0.15) is 5.82 Å². The van der Waals surface area contributed by atoms with Crippen molar-refractivity contribution in [2.75, 3.05) is 18.0 Å². The Morgan fingerprint density at radius 2 is 2.15 bits per heavy atom. The van der Waals surface area contributed by atoms with Gasteiger partial charge in [-0.2, -0.15) is 0 Å². The fourth-order valence-corrected chi connectivity index (χ4v) is 2.70. The summed E-state index contributed by atoms with van der Waals surface area (Å²) < 4.78 is 14.1. The number of aliphatic hydroxyl groups is 1. The lowest BCUT2D eigenvalue weighted by Crippen LogP contribution is -2.35. The van der Waals surface area contributed by atoms with Gasteiger partial charge in [-0.3, -0.25) is 4.79 Å². The average Bonchev–Trinajstić information content (AvgIpc) is 2.39. The highest BCUT2D eigenvalue weighted by molar-refractivity contribution is 5.74. The van der Waals surface area contributed by atoms with Crippen LogP contribution in [0.15, 0.2) is 18.2 Å². The summed E-state index contributed by atoms with van der Waals surface area (Å²) in [5, 5.41) is 9.44. The van der Waals surface area contributed by atoms with Crippen LogP contribution in [0.5, 0.6) is 0 Å². The molecule has 0 spiro atoms. The molecular formula is C15H21FN2O2. The number of hydrogen-bond donors (Lipinski definition) is 2. The van der Waals surface area contributed by atoms with Gasteiger partial charge >= 0.3 is 0 Å². The number of nitrogens with two attached hydrogens (primary N) is 1.